The van der Waals surface area contributed by atoms with E-state index >= 15 is 0 Å². The van der Waals surface area contributed by atoms with E-state index in [1.165, 1.54) is 6.07 Å². The lowest BCUT2D eigenvalue weighted by atomic mass is 10.1. The molecular weight excluding hydrogens is 259 g/mol. The van der Waals surface area contributed by atoms with Crippen molar-refractivity contribution in [2.24, 2.45) is 5.73 Å². The summed E-state index contributed by atoms with van der Waals surface area (Å²) in [6.45, 7) is 0.453. The molecule has 0 atom stereocenters. The fourth-order valence-electron chi connectivity index (χ4n) is 1.75. The summed E-state index contributed by atoms with van der Waals surface area (Å²) >= 11 is 0. The number of fused-ring (bicyclic) bond motifs is 1. The van der Waals surface area contributed by atoms with Gasteiger partial charge in [0.15, 0.2) is 0 Å². The molecule has 1 heterocycles. The van der Waals surface area contributed by atoms with Crippen molar-refractivity contribution < 1.29 is 13.2 Å². The smallest absolute Gasteiger partial charge is 0.330 e. The summed E-state index contributed by atoms with van der Waals surface area (Å²) in [6, 6.07) is 2.94. The maximum atomic E-state index is 12.5. The Kier molecular flexibility index (Phi) is 3.57. The molecule has 4 nitrogen and oxygen atoms in total. The Hall–Kier alpha value is -1.89. The summed E-state index contributed by atoms with van der Waals surface area (Å²) < 4.78 is 37.6. The monoisotopic (exact) mass is 271 g/mol. The number of hydrogen-bond acceptors (Lipinski definition) is 3. The van der Waals surface area contributed by atoms with Gasteiger partial charge in [0.25, 0.3) is 5.56 Å². The number of hydrogen-bond donors (Lipinski definition) is 2. The molecule has 0 amide bonds. The molecule has 0 aliphatic rings. The molecule has 0 unspecified atom stereocenters. The van der Waals surface area contributed by atoms with Gasteiger partial charge in [-0.3, -0.25) is 4.79 Å². The highest BCUT2D eigenvalue weighted by molar-refractivity contribution is 5.78. The van der Waals surface area contributed by atoms with Gasteiger partial charge in [0.05, 0.1) is 16.5 Å². The van der Waals surface area contributed by atoms with E-state index in [0.29, 0.717) is 25.2 Å². The quantitative estimate of drug-likeness (QED) is 0.894. The Morgan fingerprint density at radius 3 is 2.68 bits per heavy atom. The van der Waals surface area contributed by atoms with Crippen LogP contribution in [0.5, 0.6) is 0 Å². The second kappa shape index (κ2) is 5.00. The summed E-state index contributed by atoms with van der Waals surface area (Å²) in [5.74, 6) is 0.433. The number of benzene rings is 1. The zero-order chi connectivity index (χ0) is 14.0. The first kappa shape index (κ1) is 13.5. The second-order valence-corrected chi connectivity index (χ2v) is 4.13. The second-order valence-electron chi connectivity index (χ2n) is 4.13. The van der Waals surface area contributed by atoms with Crippen LogP contribution in [0.25, 0.3) is 10.9 Å². The van der Waals surface area contributed by atoms with Crippen molar-refractivity contribution in [1.82, 2.24) is 9.97 Å². The van der Waals surface area contributed by atoms with Gasteiger partial charge in [0.1, 0.15) is 5.82 Å². The maximum absolute atomic E-state index is 12.5. The molecule has 0 bridgehead atoms. The van der Waals surface area contributed by atoms with Gasteiger partial charge >= 0.3 is 6.18 Å². The predicted molar refractivity (Wildman–Crippen MR) is 64.7 cm³/mol. The highest BCUT2D eigenvalue weighted by Crippen LogP contribution is 2.30. The van der Waals surface area contributed by atoms with Gasteiger partial charge in [-0.25, -0.2) is 4.98 Å². The first-order valence-electron chi connectivity index (χ1n) is 5.72. The number of nitrogens with zero attached hydrogens (tertiary/aromatic N) is 1. The molecule has 1 aromatic carbocycles. The average Bonchev–Trinajstić information content (AvgIpc) is 2.35. The lowest BCUT2D eigenvalue weighted by Gasteiger charge is -2.07. The maximum Gasteiger partial charge on any atom is 0.416 e. The van der Waals surface area contributed by atoms with Crippen LogP contribution in [-0.2, 0) is 12.6 Å². The molecule has 2 aromatic rings. The number of rotatable bonds is 3. The first-order valence-corrected chi connectivity index (χ1v) is 5.72. The van der Waals surface area contributed by atoms with Crippen molar-refractivity contribution >= 4 is 10.9 Å². The fourth-order valence-corrected chi connectivity index (χ4v) is 1.75. The van der Waals surface area contributed by atoms with Gasteiger partial charge in [-0.1, -0.05) is 0 Å². The molecule has 0 fully saturated rings. The predicted octanol–water partition coefficient (Wildman–Crippen LogP) is 1.83. The number of halogens is 3. The molecule has 3 N–H and O–H groups in total. The molecular formula is C12H12F3N3O. The zero-order valence-electron chi connectivity index (χ0n) is 9.92. The van der Waals surface area contributed by atoms with Crippen LogP contribution in [0.15, 0.2) is 23.0 Å². The Labute approximate surface area is 106 Å². The minimum Gasteiger partial charge on any atom is -0.330 e. The van der Waals surface area contributed by atoms with Crippen molar-refractivity contribution in [2.45, 2.75) is 19.0 Å². The molecule has 1 aromatic heterocycles. The van der Waals surface area contributed by atoms with E-state index in [1.807, 2.05) is 0 Å². The summed E-state index contributed by atoms with van der Waals surface area (Å²) in [5, 5.41) is -0.0636. The molecule has 0 saturated carbocycles. The van der Waals surface area contributed by atoms with Crippen molar-refractivity contribution in [2.75, 3.05) is 6.54 Å². The Morgan fingerprint density at radius 1 is 1.32 bits per heavy atom. The highest BCUT2D eigenvalue weighted by Gasteiger charge is 2.30. The Morgan fingerprint density at radius 2 is 2.05 bits per heavy atom. The Balaban J connectivity index is 2.51. The average molecular weight is 271 g/mol. The standard InChI is InChI=1S/C12H12F3N3O/c13-12(14,15)7-3-4-9-8(6-7)11(19)18-10(17-9)2-1-5-16/h3-4,6H,1-2,5,16H2,(H,17,18,19). The third-order valence-corrected chi connectivity index (χ3v) is 2.70. The number of alkyl halides is 3. The van der Waals surface area contributed by atoms with Gasteiger partial charge in [-0.15, -0.1) is 0 Å². The van der Waals surface area contributed by atoms with Crippen LogP contribution in [0.4, 0.5) is 13.2 Å². The third kappa shape index (κ3) is 2.93. The van der Waals surface area contributed by atoms with E-state index in [9.17, 15) is 18.0 Å². The molecule has 0 spiro atoms. The van der Waals surface area contributed by atoms with Crippen LogP contribution in [-0.4, -0.2) is 16.5 Å². The molecule has 19 heavy (non-hydrogen) atoms. The van der Waals surface area contributed by atoms with Crippen molar-refractivity contribution in [3.05, 3.63) is 39.9 Å². The molecule has 0 radical (unpaired) electrons. The van der Waals surface area contributed by atoms with Gasteiger partial charge in [0, 0.05) is 6.42 Å². The largest absolute Gasteiger partial charge is 0.416 e. The van der Waals surface area contributed by atoms with Crippen LogP contribution < -0.4 is 11.3 Å². The highest BCUT2D eigenvalue weighted by atomic mass is 19.4. The number of aromatic nitrogens is 2. The first-order chi connectivity index (χ1) is 8.91. The van der Waals surface area contributed by atoms with Gasteiger partial charge in [-0.05, 0) is 31.2 Å². The van der Waals surface area contributed by atoms with Gasteiger partial charge < -0.3 is 10.7 Å². The van der Waals surface area contributed by atoms with Crippen LogP contribution >= 0.6 is 0 Å². The van der Waals surface area contributed by atoms with Crippen LogP contribution in [0, 0.1) is 0 Å². The summed E-state index contributed by atoms with van der Waals surface area (Å²) in [4.78, 5) is 18.3. The zero-order valence-corrected chi connectivity index (χ0v) is 9.92. The normalized spacial score (nSPS) is 12.0. The van der Waals surface area contributed by atoms with E-state index in [-0.39, 0.29) is 10.9 Å². The summed E-state index contributed by atoms with van der Waals surface area (Å²) in [7, 11) is 0. The van der Waals surface area contributed by atoms with Crippen molar-refractivity contribution in [3.63, 3.8) is 0 Å². The molecule has 7 heteroatoms. The van der Waals surface area contributed by atoms with Gasteiger partial charge in [0.2, 0.25) is 0 Å². The van der Waals surface area contributed by atoms with Crippen LogP contribution in [0.1, 0.15) is 17.8 Å². The van der Waals surface area contributed by atoms with E-state index in [1.54, 1.807) is 0 Å². The SMILES string of the molecule is NCCCc1nc2ccc(C(F)(F)F)cc2c(=O)[nH]1. The lowest BCUT2D eigenvalue weighted by Crippen LogP contribution is -2.14. The van der Waals surface area contributed by atoms with E-state index in [0.717, 1.165) is 12.1 Å². The van der Waals surface area contributed by atoms with Gasteiger partial charge in [-0.2, -0.15) is 13.2 Å². The molecule has 2 rings (SSSR count). The molecule has 0 aliphatic heterocycles. The van der Waals surface area contributed by atoms with Crippen LogP contribution in [0.2, 0.25) is 0 Å². The summed E-state index contributed by atoms with van der Waals surface area (Å²) in [6.07, 6.45) is -3.34. The van der Waals surface area contributed by atoms with Crippen molar-refractivity contribution in [3.8, 4) is 0 Å². The minimum atomic E-state index is -4.47. The molecule has 0 saturated heterocycles. The van der Waals surface area contributed by atoms with Crippen LogP contribution in [0.3, 0.4) is 0 Å². The topological polar surface area (TPSA) is 71.8 Å². The van der Waals surface area contributed by atoms with E-state index < -0.39 is 17.3 Å². The molecule has 0 aliphatic carbocycles. The van der Waals surface area contributed by atoms with E-state index in [2.05, 4.69) is 9.97 Å². The number of aryl methyl sites for hydroxylation is 1. The number of nitrogens with one attached hydrogen (secondary N) is 1. The number of H-pyrrole nitrogens is 1. The number of aromatic amines is 1. The van der Waals surface area contributed by atoms with Crippen molar-refractivity contribution in [1.29, 1.82) is 0 Å². The minimum absolute atomic E-state index is 0.0636. The molecule has 102 valence electrons. The van der Waals surface area contributed by atoms with E-state index in [4.69, 9.17) is 5.73 Å². The lowest BCUT2D eigenvalue weighted by molar-refractivity contribution is -0.137. The Bertz CT molecular complexity index is 649. The summed E-state index contributed by atoms with van der Waals surface area (Å²) in [5.41, 5.74) is 4.18. The third-order valence-electron chi connectivity index (χ3n) is 2.70. The number of nitrogens with two attached hydrogens (primary N) is 1. The fraction of sp³-hybridized carbons (Fsp3) is 0.333.